The second-order valence-electron chi connectivity index (χ2n) is 4.84. The van der Waals surface area contributed by atoms with Crippen molar-refractivity contribution in [3.05, 3.63) is 35.0 Å². The Hall–Kier alpha value is -2.10. The second-order valence-corrected chi connectivity index (χ2v) is 4.84. The van der Waals surface area contributed by atoms with Crippen molar-refractivity contribution >= 4 is 17.8 Å². The highest BCUT2D eigenvalue weighted by atomic mass is 16.5. The summed E-state index contributed by atoms with van der Waals surface area (Å²) >= 11 is 0. The van der Waals surface area contributed by atoms with E-state index in [4.69, 9.17) is 4.74 Å². The van der Waals surface area contributed by atoms with Gasteiger partial charge in [0, 0.05) is 5.56 Å². The molecule has 0 bridgehead atoms. The van der Waals surface area contributed by atoms with E-state index >= 15 is 0 Å². The van der Waals surface area contributed by atoms with Crippen LogP contribution in [0, 0.1) is 0 Å². The largest absolute Gasteiger partial charge is 0.496 e. The highest BCUT2D eigenvalue weighted by Crippen LogP contribution is 2.26. The minimum atomic E-state index is -0.172. The van der Waals surface area contributed by atoms with Crippen molar-refractivity contribution in [2.75, 3.05) is 7.11 Å². The zero-order chi connectivity index (χ0) is 14.0. The van der Waals surface area contributed by atoms with Crippen LogP contribution in [0.5, 0.6) is 5.75 Å². The number of carbonyl (C=O) groups is 1. The van der Waals surface area contributed by atoms with Crippen LogP contribution in [0.15, 0.2) is 28.9 Å². The molecule has 0 spiro atoms. The number of rotatable bonds is 3. The fraction of sp³-hybridized carbons (Fsp3) is 0.333. The first-order chi connectivity index (χ1) is 9.01. The number of carbonyl (C=O) groups excluding carboxylic acids is 1. The van der Waals surface area contributed by atoms with Crippen molar-refractivity contribution in [1.82, 2.24) is 5.32 Å². The minimum absolute atomic E-state index is 0.172. The van der Waals surface area contributed by atoms with Gasteiger partial charge in [-0.3, -0.25) is 4.79 Å². The van der Waals surface area contributed by atoms with Gasteiger partial charge in [-0.05, 0) is 36.6 Å². The van der Waals surface area contributed by atoms with E-state index in [2.05, 4.69) is 24.2 Å². The number of nitrogens with one attached hydrogen (secondary N) is 1. The number of ether oxygens (including phenoxy) is 1. The Balaban J connectivity index is 2.46. The van der Waals surface area contributed by atoms with Gasteiger partial charge >= 0.3 is 0 Å². The van der Waals surface area contributed by atoms with Crippen molar-refractivity contribution in [1.29, 1.82) is 0 Å². The Bertz CT molecular complexity index is 572. The molecule has 1 aromatic rings. The van der Waals surface area contributed by atoms with Gasteiger partial charge in [-0.15, -0.1) is 0 Å². The molecule has 4 nitrogen and oxygen atoms in total. The molecule has 1 amide bonds. The van der Waals surface area contributed by atoms with Gasteiger partial charge in [-0.2, -0.15) is 0 Å². The van der Waals surface area contributed by atoms with Crippen LogP contribution >= 0.6 is 0 Å². The molecule has 0 saturated heterocycles. The standard InChI is InChI=1S/C15H18N2O2/c1-9(2)11-5-6-14(19-4)12(7-11)8-13-15(18)17-10(3)16-13/h5-9H,1-4H3,(H,16,17,18)/b13-8-. The summed E-state index contributed by atoms with van der Waals surface area (Å²) in [4.78, 5) is 15.8. The van der Waals surface area contributed by atoms with Crippen molar-refractivity contribution in [2.24, 2.45) is 4.99 Å². The lowest BCUT2D eigenvalue weighted by Gasteiger charge is -2.10. The number of amides is 1. The second kappa shape index (κ2) is 5.26. The van der Waals surface area contributed by atoms with Crippen molar-refractivity contribution in [2.45, 2.75) is 26.7 Å². The summed E-state index contributed by atoms with van der Waals surface area (Å²) in [7, 11) is 1.62. The fourth-order valence-electron chi connectivity index (χ4n) is 1.96. The molecule has 0 radical (unpaired) electrons. The maximum absolute atomic E-state index is 11.7. The first-order valence-electron chi connectivity index (χ1n) is 6.27. The number of hydrogen-bond acceptors (Lipinski definition) is 3. The summed E-state index contributed by atoms with van der Waals surface area (Å²) < 4.78 is 5.33. The smallest absolute Gasteiger partial charge is 0.275 e. The number of hydrogen-bond donors (Lipinski definition) is 1. The molecule has 2 rings (SSSR count). The molecule has 0 aromatic heterocycles. The van der Waals surface area contributed by atoms with Gasteiger partial charge in [0.05, 0.1) is 7.11 Å². The number of amidine groups is 1. The van der Waals surface area contributed by atoms with Gasteiger partial charge < -0.3 is 10.1 Å². The van der Waals surface area contributed by atoms with Gasteiger partial charge in [0.1, 0.15) is 17.3 Å². The fourth-order valence-corrected chi connectivity index (χ4v) is 1.96. The predicted molar refractivity (Wildman–Crippen MR) is 76.3 cm³/mol. The average Bonchev–Trinajstić information content (AvgIpc) is 2.67. The van der Waals surface area contributed by atoms with Crippen LogP contribution in [0.2, 0.25) is 0 Å². The maximum Gasteiger partial charge on any atom is 0.275 e. The number of benzene rings is 1. The summed E-state index contributed by atoms with van der Waals surface area (Å²) in [5, 5.41) is 2.66. The summed E-state index contributed by atoms with van der Waals surface area (Å²) in [6.45, 7) is 6.02. The molecule has 1 aliphatic heterocycles. The van der Waals surface area contributed by atoms with Crippen molar-refractivity contribution in [3.63, 3.8) is 0 Å². The number of aliphatic imine (C=N–C) groups is 1. The van der Waals surface area contributed by atoms with E-state index in [0.717, 1.165) is 11.3 Å². The van der Waals surface area contributed by atoms with E-state index < -0.39 is 0 Å². The van der Waals surface area contributed by atoms with Crippen LogP contribution in [0.4, 0.5) is 0 Å². The molecule has 0 unspecified atom stereocenters. The highest BCUT2D eigenvalue weighted by molar-refractivity contribution is 6.13. The highest BCUT2D eigenvalue weighted by Gasteiger charge is 2.17. The quantitative estimate of drug-likeness (QED) is 0.847. The molecule has 1 aliphatic rings. The van der Waals surface area contributed by atoms with Crippen LogP contribution in [0.3, 0.4) is 0 Å². The van der Waals surface area contributed by atoms with Crippen LogP contribution in [0.25, 0.3) is 6.08 Å². The minimum Gasteiger partial charge on any atom is -0.496 e. The van der Waals surface area contributed by atoms with Gasteiger partial charge in [0.2, 0.25) is 0 Å². The van der Waals surface area contributed by atoms with Gasteiger partial charge in [-0.25, -0.2) is 4.99 Å². The van der Waals surface area contributed by atoms with E-state index in [1.54, 1.807) is 20.1 Å². The van der Waals surface area contributed by atoms with E-state index in [9.17, 15) is 4.79 Å². The molecule has 1 aromatic carbocycles. The lowest BCUT2D eigenvalue weighted by Crippen LogP contribution is -2.21. The van der Waals surface area contributed by atoms with E-state index in [1.807, 2.05) is 18.2 Å². The molecular weight excluding hydrogens is 240 g/mol. The van der Waals surface area contributed by atoms with Crippen molar-refractivity contribution < 1.29 is 9.53 Å². The summed E-state index contributed by atoms with van der Waals surface area (Å²) in [6.07, 6.45) is 1.76. The monoisotopic (exact) mass is 258 g/mol. The molecule has 19 heavy (non-hydrogen) atoms. The SMILES string of the molecule is COc1ccc(C(C)C)cc1/C=C1\N=C(C)NC1=O. The normalized spacial score (nSPS) is 16.8. The third-order valence-electron chi connectivity index (χ3n) is 3.03. The molecule has 0 aliphatic carbocycles. The average molecular weight is 258 g/mol. The predicted octanol–water partition coefficient (Wildman–Crippen LogP) is 2.71. The van der Waals surface area contributed by atoms with E-state index in [1.165, 1.54) is 5.56 Å². The Kier molecular flexibility index (Phi) is 3.69. The Morgan fingerprint density at radius 2 is 2.11 bits per heavy atom. The number of nitrogens with zero attached hydrogens (tertiary/aromatic N) is 1. The maximum atomic E-state index is 11.7. The van der Waals surface area contributed by atoms with E-state index in [-0.39, 0.29) is 5.91 Å². The lowest BCUT2D eigenvalue weighted by atomic mass is 10.00. The van der Waals surface area contributed by atoms with Gasteiger partial charge in [-0.1, -0.05) is 19.9 Å². The summed E-state index contributed by atoms with van der Waals surface area (Å²) in [5.74, 6) is 1.61. The van der Waals surface area contributed by atoms with E-state index in [0.29, 0.717) is 17.5 Å². The molecule has 1 heterocycles. The Morgan fingerprint density at radius 3 is 2.63 bits per heavy atom. The Labute approximate surface area is 113 Å². The lowest BCUT2D eigenvalue weighted by molar-refractivity contribution is -0.115. The first kappa shape index (κ1) is 13.3. The van der Waals surface area contributed by atoms with Gasteiger partial charge in [0.15, 0.2) is 0 Å². The zero-order valence-electron chi connectivity index (χ0n) is 11.7. The summed E-state index contributed by atoms with van der Waals surface area (Å²) in [5.41, 5.74) is 2.49. The molecule has 1 N–H and O–H groups in total. The van der Waals surface area contributed by atoms with Crippen molar-refractivity contribution in [3.8, 4) is 5.75 Å². The van der Waals surface area contributed by atoms with Crippen LogP contribution < -0.4 is 10.1 Å². The van der Waals surface area contributed by atoms with Gasteiger partial charge in [0.25, 0.3) is 5.91 Å². The Morgan fingerprint density at radius 1 is 1.37 bits per heavy atom. The van der Waals surface area contributed by atoms with Crippen LogP contribution in [0.1, 0.15) is 37.8 Å². The summed E-state index contributed by atoms with van der Waals surface area (Å²) in [6, 6.07) is 5.99. The molecule has 0 saturated carbocycles. The molecular formula is C15H18N2O2. The van der Waals surface area contributed by atoms with Crippen LogP contribution in [-0.2, 0) is 4.79 Å². The molecule has 4 heteroatoms. The topological polar surface area (TPSA) is 50.7 Å². The molecule has 100 valence electrons. The third-order valence-corrected chi connectivity index (χ3v) is 3.03. The molecule has 0 fully saturated rings. The third kappa shape index (κ3) is 2.84. The first-order valence-corrected chi connectivity index (χ1v) is 6.27. The number of methoxy groups -OCH3 is 1. The molecule has 0 atom stereocenters. The zero-order valence-corrected chi connectivity index (χ0v) is 11.7. The van der Waals surface area contributed by atoms with Crippen LogP contribution in [-0.4, -0.2) is 18.9 Å².